The lowest BCUT2D eigenvalue weighted by atomic mass is 9.87. The highest BCUT2D eigenvalue weighted by Gasteiger charge is 2.40. The van der Waals surface area contributed by atoms with Gasteiger partial charge in [0.2, 0.25) is 11.8 Å². The van der Waals surface area contributed by atoms with Gasteiger partial charge in [-0.2, -0.15) is 0 Å². The van der Waals surface area contributed by atoms with E-state index in [2.05, 4.69) is 16.0 Å². The second kappa shape index (κ2) is 10.3. The molecule has 1 aliphatic rings. The van der Waals surface area contributed by atoms with Gasteiger partial charge in [0.25, 0.3) is 0 Å². The van der Waals surface area contributed by atoms with Crippen molar-refractivity contribution in [3.8, 4) is 0 Å². The number of nitrogens with one attached hydrogen (secondary N) is 3. The third-order valence-electron chi connectivity index (χ3n) is 5.07. The first-order valence-electron chi connectivity index (χ1n) is 9.84. The van der Waals surface area contributed by atoms with Gasteiger partial charge in [-0.1, -0.05) is 36.4 Å². The molecule has 2 amide bonds. The van der Waals surface area contributed by atoms with Gasteiger partial charge >= 0.3 is 0 Å². The number of halogens is 2. The maximum atomic E-state index is 13.8. The molecule has 160 valence electrons. The molecule has 0 unspecified atom stereocenters. The highest BCUT2D eigenvalue weighted by molar-refractivity contribution is 5.92. The van der Waals surface area contributed by atoms with Gasteiger partial charge in [0.1, 0.15) is 23.8 Å². The van der Waals surface area contributed by atoms with Crippen LogP contribution in [0.5, 0.6) is 0 Å². The molecule has 1 aliphatic heterocycles. The zero-order valence-electron chi connectivity index (χ0n) is 16.5. The molecule has 0 atom stereocenters. The zero-order chi connectivity index (χ0) is 21.4. The number of piperidine rings is 1. The van der Waals surface area contributed by atoms with Crippen molar-refractivity contribution in [2.24, 2.45) is 0 Å². The van der Waals surface area contributed by atoms with Crippen molar-refractivity contribution in [2.45, 2.75) is 31.5 Å². The molecule has 3 rings (SSSR count). The van der Waals surface area contributed by atoms with Crippen molar-refractivity contribution >= 4 is 11.8 Å². The molecule has 3 N–H and O–H groups in total. The zero-order valence-corrected chi connectivity index (χ0v) is 16.5. The molecule has 6 nitrogen and oxygen atoms in total. The summed E-state index contributed by atoms with van der Waals surface area (Å²) >= 11 is 0. The third-order valence-corrected chi connectivity index (χ3v) is 5.07. The summed E-state index contributed by atoms with van der Waals surface area (Å²) in [5, 5.41) is 8.64. The first-order chi connectivity index (χ1) is 14.5. The highest BCUT2D eigenvalue weighted by Crippen LogP contribution is 2.19. The first-order valence-corrected chi connectivity index (χ1v) is 9.84. The summed E-state index contributed by atoms with van der Waals surface area (Å²) in [5.41, 5.74) is 0.0156. The van der Waals surface area contributed by atoms with Crippen molar-refractivity contribution in [2.75, 3.05) is 19.7 Å². The predicted molar refractivity (Wildman–Crippen MR) is 107 cm³/mol. The van der Waals surface area contributed by atoms with Gasteiger partial charge in [-0.05, 0) is 37.6 Å². The number of rotatable bonds is 8. The lowest BCUT2D eigenvalue weighted by molar-refractivity contribution is -0.137. The standard InChI is InChI=1S/C22H25F2N3O3/c23-18-7-6-17(19(24)12-18)13-26-21(29)22(8-10-25-11-9-22)27-20(28)15-30-14-16-4-2-1-3-5-16/h1-7,12,25H,8-11,13-15H2,(H,26,29)(H,27,28). The van der Waals surface area contributed by atoms with Crippen molar-refractivity contribution in [3.05, 3.63) is 71.3 Å². The Hall–Kier alpha value is -2.84. The van der Waals surface area contributed by atoms with E-state index in [4.69, 9.17) is 4.74 Å². The van der Waals surface area contributed by atoms with Crippen LogP contribution < -0.4 is 16.0 Å². The number of carbonyl (C=O) groups excluding carboxylic acids is 2. The van der Waals surface area contributed by atoms with E-state index in [1.54, 1.807) is 0 Å². The summed E-state index contributed by atoms with van der Waals surface area (Å²) in [4.78, 5) is 25.4. The van der Waals surface area contributed by atoms with Gasteiger partial charge in [0, 0.05) is 18.2 Å². The van der Waals surface area contributed by atoms with Crippen LogP contribution >= 0.6 is 0 Å². The lowest BCUT2D eigenvalue weighted by Crippen LogP contribution is -2.63. The quantitative estimate of drug-likeness (QED) is 0.614. The summed E-state index contributed by atoms with van der Waals surface area (Å²) in [7, 11) is 0. The van der Waals surface area contributed by atoms with Crippen LogP contribution in [-0.2, 0) is 27.5 Å². The normalized spacial score (nSPS) is 15.4. The van der Waals surface area contributed by atoms with E-state index in [0.717, 1.165) is 17.7 Å². The fourth-order valence-corrected chi connectivity index (χ4v) is 3.41. The van der Waals surface area contributed by atoms with E-state index in [9.17, 15) is 18.4 Å². The fourth-order valence-electron chi connectivity index (χ4n) is 3.41. The number of amides is 2. The van der Waals surface area contributed by atoms with Crippen molar-refractivity contribution in [1.82, 2.24) is 16.0 Å². The molecule has 8 heteroatoms. The Bertz CT molecular complexity index is 871. The number of hydrogen-bond acceptors (Lipinski definition) is 4. The summed E-state index contributed by atoms with van der Waals surface area (Å²) in [5.74, 6) is -2.20. The first kappa shape index (κ1) is 21.9. The Morgan fingerprint density at radius 3 is 2.50 bits per heavy atom. The minimum atomic E-state index is -1.10. The Labute approximate surface area is 174 Å². The van der Waals surface area contributed by atoms with Gasteiger partial charge in [-0.15, -0.1) is 0 Å². The number of benzene rings is 2. The second-order valence-corrected chi connectivity index (χ2v) is 7.28. The van der Waals surface area contributed by atoms with E-state index in [1.807, 2.05) is 30.3 Å². The average molecular weight is 417 g/mol. The van der Waals surface area contributed by atoms with Crippen molar-refractivity contribution in [3.63, 3.8) is 0 Å². The van der Waals surface area contributed by atoms with Crippen LogP contribution in [0.3, 0.4) is 0 Å². The van der Waals surface area contributed by atoms with Crippen molar-refractivity contribution < 1.29 is 23.1 Å². The fraction of sp³-hybridized carbons (Fsp3) is 0.364. The van der Waals surface area contributed by atoms with E-state index >= 15 is 0 Å². The number of hydrogen-bond donors (Lipinski definition) is 3. The Balaban J connectivity index is 1.57. The summed E-state index contributed by atoms with van der Waals surface area (Å²) in [6.45, 7) is 1.14. The summed E-state index contributed by atoms with van der Waals surface area (Å²) < 4.78 is 32.4. The van der Waals surface area contributed by atoms with Gasteiger partial charge in [-0.3, -0.25) is 9.59 Å². The predicted octanol–water partition coefficient (Wildman–Crippen LogP) is 2.04. The van der Waals surface area contributed by atoms with Gasteiger partial charge in [0.15, 0.2) is 0 Å². The van der Waals surface area contributed by atoms with Crippen LogP contribution in [0.2, 0.25) is 0 Å². The van der Waals surface area contributed by atoms with Gasteiger partial charge in [-0.25, -0.2) is 8.78 Å². The molecule has 0 bridgehead atoms. The molecule has 30 heavy (non-hydrogen) atoms. The molecule has 0 aliphatic carbocycles. The molecule has 0 saturated carbocycles. The van der Waals surface area contributed by atoms with Crippen LogP contribution in [-0.4, -0.2) is 37.0 Å². The smallest absolute Gasteiger partial charge is 0.246 e. The molecule has 1 saturated heterocycles. The van der Waals surface area contributed by atoms with Crippen LogP contribution in [0.1, 0.15) is 24.0 Å². The third kappa shape index (κ3) is 5.84. The largest absolute Gasteiger partial charge is 0.367 e. The maximum absolute atomic E-state index is 13.8. The molecular weight excluding hydrogens is 392 g/mol. The van der Waals surface area contributed by atoms with Gasteiger partial charge < -0.3 is 20.7 Å². The molecule has 2 aromatic rings. The highest BCUT2D eigenvalue weighted by atomic mass is 19.1. The molecule has 1 fully saturated rings. The van der Waals surface area contributed by atoms with Gasteiger partial charge in [0.05, 0.1) is 6.61 Å². The van der Waals surface area contributed by atoms with Crippen molar-refractivity contribution in [1.29, 1.82) is 0 Å². The number of ether oxygens (including phenoxy) is 1. The SMILES string of the molecule is O=C(COCc1ccccc1)NC1(C(=O)NCc2ccc(F)cc2F)CCNCC1. The van der Waals surface area contributed by atoms with Crippen LogP contribution in [0.25, 0.3) is 0 Å². The second-order valence-electron chi connectivity index (χ2n) is 7.28. The summed E-state index contributed by atoms with van der Waals surface area (Å²) in [6.07, 6.45) is 0.796. The maximum Gasteiger partial charge on any atom is 0.246 e. The monoisotopic (exact) mass is 417 g/mol. The Morgan fingerprint density at radius 2 is 1.80 bits per heavy atom. The minimum Gasteiger partial charge on any atom is -0.367 e. The summed E-state index contributed by atoms with van der Waals surface area (Å²) in [6, 6.07) is 12.7. The topological polar surface area (TPSA) is 79.5 Å². The molecule has 0 radical (unpaired) electrons. The van der Waals surface area contributed by atoms with E-state index < -0.39 is 29.0 Å². The minimum absolute atomic E-state index is 0.0967. The number of carbonyl (C=O) groups is 2. The van der Waals surface area contributed by atoms with Crippen LogP contribution in [0, 0.1) is 11.6 Å². The Morgan fingerprint density at radius 1 is 1.07 bits per heavy atom. The molecule has 0 spiro atoms. The molecule has 2 aromatic carbocycles. The lowest BCUT2D eigenvalue weighted by Gasteiger charge is -2.37. The Kier molecular flexibility index (Phi) is 7.48. The molecule has 1 heterocycles. The van der Waals surface area contributed by atoms with E-state index in [0.29, 0.717) is 32.5 Å². The van der Waals surface area contributed by atoms with Crippen LogP contribution in [0.4, 0.5) is 8.78 Å². The average Bonchev–Trinajstić information content (AvgIpc) is 2.74. The molecule has 0 aromatic heterocycles. The van der Waals surface area contributed by atoms with E-state index in [-0.39, 0.29) is 18.7 Å². The molecular formula is C22H25F2N3O3. The van der Waals surface area contributed by atoms with Crippen LogP contribution in [0.15, 0.2) is 48.5 Å². The van der Waals surface area contributed by atoms with E-state index in [1.165, 1.54) is 6.07 Å².